The molecule has 0 radical (unpaired) electrons. The lowest BCUT2D eigenvalue weighted by atomic mass is 10.2. The highest BCUT2D eigenvalue weighted by Crippen LogP contribution is 2.11. The van der Waals surface area contributed by atoms with Crippen LogP contribution in [0, 0.1) is 18.3 Å². The van der Waals surface area contributed by atoms with Crippen molar-refractivity contribution in [1.29, 1.82) is 5.26 Å². The van der Waals surface area contributed by atoms with Gasteiger partial charge in [-0.15, -0.1) is 0 Å². The summed E-state index contributed by atoms with van der Waals surface area (Å²) in [5, 5.41) is 11.4. The van der Waals surface area contributed by atoms with Gasteiger partial charge in [0.2, 0.25) is 0 Å². The largest absolute Gasteiger partial charge is 0.484 e. The van der Waals surface area contributed by atoms with Crippen molar-refractivity contribution in [3.05, 3.63) is 53.6 Å². The van der Waals surface area contributed by atoms with E-state index in [0.717, 1.165) is 5.69 Å². The highest BCUT2D eigenvalue weighted by molar-refractivity contribution is 5.77. The minimum absolute atomic E-state index is 0.0921. The van der Waals surface area contributed by atoms with E-state index >= 15 is 0 Å². The topological polar surface area (TPSA) is 87.9 Å². The zero-order valence-electron chi connectivity index (χ0n) is 11.5. The molecule has 1 aromatic carbocycles. The number of amides is 1. The second-order valence-corrected chi connectivity index (χ2v) is 4.35. The van der Waals surface area contributed by atoms with Crippen LogP contribution in [0.5, 0.6) is 5.75 Å². The van der Waals surface area contributed by atoms with Crippen molar-refractivity contribution < 1.29 is 9.53 Å². The van der Waals surface area contributed by atoms with Crippen LogP contribution in [-0.4, -0.2) is 22.5 Å². The van der Waals surface area contributed by atoms with Gasteiger partial charge in [-0.2, -0.15) is 5.26 Å². The third-order valence-corrected chi connectivity index (χ3v) is 2.65. The van der Waals surface area contributed by atoms with Gasteiger partial charge in [-0.1, -0.05) is 0 Å². The van der Waals surface area contributed by atoms with E-state index in [1.165, 1.54) is 0 Å². The maximum Gasteiger partial charge on any atom is 0.258 e. The van der Waals surface area contributed by atoms with Crippen LogP contribution in [0.2, 0.25) is 0 Å². The predicted molar refractivity (Wildman–Crippen MR) is 75.3 cm³/mol. The number of hydrogen-bond donors (Lipinski definition) is 1. The van der Waals surface area contributed by atoms with Gasteiger partial charge in [0.1, 0.15) is 5.75 Å². The number of ether oxygens (including phenoxy) is 1. The van der Waals surface area contributed by atoms with E-state index in [-0.39, 0.29) is 12.5 Å². The van der Waals surface area contributed by atoms with Crippen LogP contribution in [0.25, 0.3) is 0 Å². The Hall–Kier alpha value is -2.94. The maximum absolute atomic E-state index is 11.6. The first-order valence-corrected chi connectivity index (χ1v) is 6.34. The number of aromatic nitrogens is 2. The van der Waals surface area contributed by atoms with Crippen LogP contribution >= 0.6 is 0 Å². The van der Waals surface area contributed by atoms with Gasteiger partial charge in [0, 0.05) is 6.20 Å². The molecular formula is C15H14N4O2. The van der Waals surface area contributed by atoms with Gasteiger partial charge in [-0.05, 0) is 31.2 Å². The number of benzene rings is 1. The van der Waals surface area contributed by atoms with Gasteiger partial charge < -0.3 is 10.1 Å². The Morgan fingerprint density at radius 2 is 2.05 bits per heavy atom. The van der Waals surface area contributed by atoms with E-state index in [4.69, 9.17) is 10.00 Å². The fourth-order valence-corrected chi connectivity index (χ4v) is 1.53. The second-order valence-electron chi connectivity index (χ2n) is 4.35. The first-order chi connectivity index (χ1) is 10.2. The minimum Gasteiger partial charge on any atom is -0.484 e. The van der Waals surface area contributed by atoms with Crippen molar-refractivity contribution in [2.24, 2.45) is 0 Å². The average Bonchev–Trinajstić information content (AvgIpc) is 2.53. The van der Waals surface area contributed by atoms with Crippen LogP contribution in [0.15, 0.2) is 36.7 Å². The number of hydrogen-bond acceptors (Lipinski definition) is 5. The third kappa shape index (κ3) is 4.58. The lowest BCUT2D eigenvalue weighted by Crippen LogP contribution is -2.28. The van der Waals surface area contributed by atoms with E-state index in [1.54, 1.807) is 36.7 Å². The summed E-state index contributed by atoms with van der Waals surface area (Å²) < 4.78 is 5.32. The molecule has 6 heteroatoms. The standard InChI is InChI=1S/C15H14N4O2/c1-11-7-18-13(8-17-11)9-19-15(20)10-21-14-4-2-12(6-16)3-5-14/h2-5,7-8H,9-10H2,1H3,(H,19,20). The molecular weight excluding hydrogens is 268 g/mol. The molecule has 0 fully saturated rings. The van der Waals surface area contributed by atoms with Crippen LogP contribution < -0.4 is 10.1 Å². The summed E-state index contributed by atoms with van der Waals surface area (Å²) in [5.74, 6) is 0.293. The number of aryl methyl sites for hydroxylation is 1. The Morgan fingerprint density at radius 3 is 2.67 bits per heavy atom. The molecule has 106 valence electrons. The fourth-order valence-electron chi connectivity index (χ4n) is 1.53. The molecule has 1 amide bonds. The molecule has 0 aliphatic rings. The summed E-state index contributed by atoms with van der Waals surface area (Å²) in [7, 11) is 0. The van der Waals surface area contributed by atoms with Crippen LogP contribution in [-0.2, 0) is 11.3 Å². The first-order valence-electron chi connectivity index (χ1n) is 6.34. The zero-order valence-corrected chi connectivity index (χ0v) is 11.5. The number of carbonyl (C=O) groups is 1. The van der Waals surface area contributed by atoms with Gasteiger partial charge >= 0.3 is 0 Å². The Balaban J connectivity index is 1.76. The Labute approximate surface area is 122 Å². The molecule has 1 N–H and O–H groups in total. The van der Waals surface area contributed by atoms with Gasteiger partial charge in [-0.25, -0.2) is 0 Å². The summed E-state index contributed by atoms with van der Waals surface area (Å²) in [5.41, 5.74) is 2.06. The molecule has 0 aliphatic heterocycles. The average molecular weight is 282 g/mol. The molecule has 0 bridgehead atoms. The fraction of sp³-hybridized carbons (Fsp3) is 0.200. The molecule has 0 unspecified atom stereocenters. The zero-order chi connectivity index (χ0) is 15.1. The predicted octanol–water partition coefficient (Wildman–Crippen LogP) is 1.35. The Morgan fingerprint density at radius 1 is 1.29 bits per heavy atom. The summed E-state index contributed by atoms with van der Waals surface area (Å²) in [6.07, 6.45) is 3.27. The number of carbonyl (C=O) groups excluding carboxylic acids is 1. The quantitative estimate of drug-likeness (QED) is 0.894. The molecule has 0 aliphatic carbocycles. The number of rotatable bonds is 5. The monoisotopic (exact) mass is 282 g/mol. The van der Waals surface area contributed by atoms with E-state index < -0.39 is 0 Å². The van der Waals surface area contributed by atoms with Crippen LogP contribution in [0.4, 0.5) is 0 Å². The highest BCUT2D eigenvalue weighted by atomic mass is 16.5. The van der Waals surface area contributed by atoms with E-state index in [0.29, 0.717) is 23.6 Å². The van der Waals surface area contributed by atoms with Crippen molar-refractivity contribution >= 4 is 5.91 Å². The van der Waals surface area contributed by atoms with Crippen LogP contribution in [0.1, 0.15) is 17.0 Å². The normalized spacial score (nSPS) is 9.71. The van der Waals surface area contributed by atoms with Gasteiger partial charge in [0.15, 0.2) is 6.61 Å². The summed E-state index contributed by atoms with van der Waals surface area (Å²) in [6.45, 7) is 2.06. The molecule has 21 heavy (non-hydrogen) atoms. The molecule has 0 saturated carbocycles. The molecule has 1 heterocycles. The summed E-state index contributed by atoms with van der Waals surface area (Å²) in [4.78, 5) is 19.9. The van der Waals surface area contributed by atoms with Crippen molar-refractivity contribution in [2.75, 3.05) is 6.61 Å². The molecule has 6 nitrogen and oxygen atoms in total. The molecule has 0 saturated heterocycles. The first kappa shape index (κ1) is 14.5. The molecule has 1 aromatic heterocycles. The molecule has 0 spiro atoms. The SMILES string of the molecule is Cc1cnc(CNC(=O)COc2ccc(C#N)cc2)cn1. The Bertz CT molecular complexity index is 645. The molecule has 2 rings (SSSR count). The van der Waals surface area contributed by atoms with Crippen molar-refractivity contribution in [2.45, 2.75) is 13.5 Å². The van der Waals surface area contributed by atoms with Crippen molar-refractivity contribution in [3.63, 3.8) is 0 Å². The summed E-state index contributed by atoms with van der Waals surface area (Å²) >= 11 is 0. The van der Waals surface area contributed by atoms with Gasteiger partial charge in [-0.3, -0.25) is 14.8 Å². The lowest BCUT2D eigenvalue weighted by Gasteiger charge is -2.07. The van der Waals surface area contributed by atoms with E-state index in [9.17, 15) is 4.79 Å². The number of nitrogens with one attached hydrogen (secondary N) is 1. The van der Waals surface area contributed by atoms with Crippen LogP contribution in [0.3, 0.4) is 0 Å². The minimum atomic E-state index is -0.248. The van der Waals surface area contributed by atoms with Crippen molar-refractivity contribution in [3.8, 4) is 11.8 Å². The van der Waals surface area contributed by atoms with Gasteiger partial charge in [0.25, 0.3) is 5.91 Å². The highest BCUT2D eigenvalue weighted by Gasteiger charge is 2.04. The smallest absolute Gasteiger partial charge is 0.258 e. The second kappa shape index (κ2) is 7.01. The Kier molecular flexibility index (Phi) is 4.83. The molecule has 2 aromatic rings. The third-order valence-electron chi connectivity index (χ3n) is 2.65. The summed E-state index contributed by atoms with van der Waals surface area (Å²) in [6, 6.07) is 8.58. The number of nitriles is 1. The number of nitrogens with zero attached hydrogens (tertiary/aromatic N) is 3. The van der Waals surface area contributed by atoms with Crippen molar-refractivity contribution in [1.82, 2.24) is 15.3 Å². The lowest BCUT2D eigenvalue weighted by molar-refractivity contribution is -0.123. The van der Waals surface area contributed by atoms with E-state index in [2.05, 4.69) is 15.3 Å². The molecule has 0 atom stereocenters. The maximum atomic E-state index is 11.6. The van der Waals surface area contributed by atoms with E-state index in [1.807, 2.05) is 13.0 Å². The van der Waals surface area contributed by atoms with Gasteiger partial charge in [0.05, 0.1) is 35.8 Å².